The molecule has 0 bridgehead atoms. The number of hydrogen-bond donors (Lipinski definition) is 3. The van der Waals surface area contributed by atoms with E-state index in [0.29, 0.717) is 17.1 Å². The summed E-state index contributed by atoms with van der Waals surface area (Å²) in [5.74, 6) is -0.331. The van der Waals surface area contributed by atoms with Crippen molar-refractivity contribution in [3.63, 3.8) is 0 Å². The van der Waals surface area contributed by atoms with Crippen molar-refractivity contribution in [2.24, 2.45) is 5.73 Å². The highest BCUT2D eigenvalue weighted by Gasteiger charge is 2.16. The number of nitrogens with two attached hydrogens (primary N) is 1. The van der Waals surface area contributed by atoms with Crippen LogP contribution in [0.5, 0.6) is 0 Å². The number of nitrogens with zero attached hydrogens (tertiary/aromatic N) is 1. The molecule has 1 heterocycles. The Morgan fingerprint density at radius 2 is 1.90 bits per heavy atom. The number of amides is 2. The second kappa shape index (κ2) is 5.43. The molecule has 2 amide bonds. The molecule has 7 nitrogen and oxygen atoms in total. The Kier molecular flexibility index (Phi) is 3.69. The fourth-order valence-corrected chi connectivity index (χ4v) is 1.66. The van der Waals surface area contributed by atoms with Crippen molar-refractivity contribution in [3.05, 3.63) is 41.4 Å². The number of anilines is 2. The smallest absolute Gasteiger partial charge is 0.273 e. The quantitative estimate of drug-likeness (QED) is 0.775. The predicted octanol–water partition coefficient (Wildman–Crippen LogP) is 1.19. The fourth-order valence-electron chi connectivity index (χ4n) is 1.66. The molecule has 0 radical (unpaired) electrons. The summed E-state index contributed by atoms with van der Waals surface area (Å²) in [5.41, 5.74) is 6.43. The molecule has 7 heteroatoms. The van der Waals surface area contributed by atoms with Crippen LogP contribution < -0.4 is 16.4 Å². The third-order valence-electron chi connectivity index (χ3n) is 2.60. The molecule has 104 valence electrons. The van der Waals surface area contributed by atoms with Crippen LogP contribution in [0, 0.1) is 6.92 Å². The Hall–Kier alpha value is -2.83. The van der Waals surface area contributed by atoms with Crippen molar-refractivity contribution in [3.8, 4) is 0 Å². The van der Waals surface area contributed by atoms with Crippen molar-refractivity contribution in [2.45, 2.75) is 6.92 Å². The molecule has 0 aliphatic heterocycles. The van der Waals surface area contributed by atoms with Crippen molar-refractivity contribution >= 4 is 23.4 Å². The average molecular weight is 274 g/mol. The Morgan fingerprint density at radius 1 is 1.25 bits per heavy atom. The number of rotatable bonds is 4. The lowest BCUT2D eigenvalue weighted by Gasteiger charge is -2.05. The van der Waals surface area contributed by atoms with Crippen LogP contribution in [0.15, 0.2) is 28.7 Å². The number of hydrogen-bond acceptors (Lipinski definition) is 5. The van der Waals surface area contributed by atoms with Crippen LogP contribution >= 0.6 is 0 Å². The Labute approximate surface area is 115 Å². The highest BCUT2D eigenvalue weighted by Crippen LogP contribution is 2.22. The van der Waals surface area contributed by atoms with Crippen LogP contribution in [-0.2, 0) is 0 Å². The van der Waals surface area contributed by atoms with Crippen LogP contribution in [-0.4, -0.2) is 23.8 Å². The molecule has 1 aromatic heterocycles. The normalized spacial score (nSPS) is 10.1. The van der Waals surface area contributed by atoms with E-state index >= 15 is 0 Å². The van der Waals surface area contributed by atoms with E-state index in [9.17, 15) is 9.59 Å². The fraction of sp³-hybridized carbons (Fsp3) is 0.154. The summed E-state index contributed by atoms with van der Waals surface area (Å²) in [6, 6.07) is 6.67. The third-order valence-corrected chi connectivity index (χ3v) is 2.60. The number of aryl methyl sites for hydroxylation is 1. The van der Waals surface area contributed by atoms with Gasteiger partial charge in [0.15, 0.2) is 11.6 Å². The van der Waals surface area contributed by atoms with Gasteiger partial charge in [-0.25, -0.2) is 4.98 Å². The van der Waals surface area contributed by atoms with Crippen molar-refractivity contribution < 1.29 is 14.0 Å². The van der Waals surface area contributed by atoms with Gasteiger partial charge >= 0.3 is 0 Å². The van der Waals surface area contributed by atoms with Gasteiger partial charge < -0.3 is 20.8 Å². The standard InChI is InChI=1S/C13H14N4O3/c1-7-16-10(11(14)18)13(20-7)17-9-5-3-8(4-6-9)12(19)15-2/h3-6,17H,1-2H3,(H2,14,18)(H,15,19). The minimum atomic E-state index is -0.675. The molecular formula is C13H14N4O3. The van der Waals surface area contributed by atoms with Gasteiger partial charge in [-0.2, -0.15) is 0 Å². The number of carbonyl (C=O) groups excluding carboxylic acids is 2. The van der Waals surface area contributed by atoms with Crippen LogP contribution in [0.4, 0.5) is 11.6 Å². The summed E-state index contributed by atoms with van der Waals surface area (Å²) in [6.07, 6.45) is 0. The van der Waals surface area contributed by atoms with E-state index in [0.717, 1.165) is 0 Å². The van der Waals surface area contributed by atoms with Gasteiger partial charge in [0.1, 0.15) is 0 Å². The number of oxazole rings is 1. The maximum atomic E-state index is 11.4. The lowest BCUT2D eigenvalue weighted by molar-refractivity contribution is 0.0961. The van der Waals surface area contributed by atoms with Crippen molar-refractivity contribution in [1.29, 1.82) is 0 Å². The number of nitrogens with one attached hydrogen (secondary N) is 2. The summed E-state index contributed by atoms with van der Waals surface area (Å²) in [4.78, 5) is 26.5. The molecule has 2 aromatic rings. The maximum absolute atomic E-state index is 11.4. The van der Waals surface area contributed by atoms with Gasteiger partial charge in [-0.05, 0) is 24.3 Å². The summed E-state index contributed by atoms with van der Waals surface area (Å²) in [6.45, 7) is 1.62. The molecule has 20 heavy (non-hydrogen) atoms. The molecule has 0 saturated heterocycles. The van der Waals surface area contributed by atoms with E-state index in [1.807, 2.05) is 0 Å². The lowest BCUT2D eigenvalue weighted by Crippen LogP contribution is -2.17. The SMILES string of the molecule is CNC(=O)c1ccc(Nc2oc(C)nc2C(N)=O)cc1. The number of benzene rings is 1. The van der Waals surface area contributed by atoms with E-state index in [1.165, 1.54) is 0 Å². The van der Waals surface area contributed by atoms with Gasteiger partial charge in [-0.1, -0.05) is 0 Å². The highest BCUT2D eigenvalue weighted by atomic mass is 16.4. The molecule has 0 aliphatic rings. The molecule has 4 N–H and O–H groups in total. The zero-order valence-corrected chi connectivity index (χ0v) is 11.1. The zero-order valence-electron chi connectivity index (χ0n) is 11.1. The molecular weight excluding hydrogens is 260 g/mol. The van der Waals surface area contributed by atoms with Crippen LogP contribution in [0.2, 0.25) is 0 Å². The molecule has 0 unspecified atom stereocenters. The lowest BCUT2D eigenvalue weighted by atomic mass is 10.2. The van der Waals surface area contributed by atoms with Gasteiger partial charge in [0.2, 0.25) is 5.88 Å². The minimum Gasteiger partial charge on any atom is -0.424 e. The molecule has 0 saturated carbocycles. The highest BCUT2D eigenvalue weighted by molar-refractivity contribution is 5.96. The van der Waals surface area contributed by atoms with Crippen molar-refractivity contribution in [1.82, 2.24) is 10.3 Å². The van der Waals surface area contributed by atoms with Crippen LogP contribution in [0.1, 0.15) is 26.7 Å². The first-order chi connectivity index (χ1) is 9.51. The molecule has 0 aliphatic carbocycles. The van der Waals surface area contributed by atoms with Gasteiger partial charge in [0, 0.05) is 25.2 Å². The first-order valence-electron chi connectivity index (χ1n) is 5.87. The second-order valence-electron chi connectivity index (χ2n) is 4.06. The predicted molar refractivity (Wildman–Crippen MR) is 72.9 cm³/mol. The number of primary amides is 1. The molecule has 1 aromatic carbocycles. The first-order valence-corrected chi connectivity index (χ1v) is 5.87. The van der Waals surface area contributed by atoms with Gasteiger partial charge in [0.05, 0.1) is 0 Å². The first kappa shape index (κ1) is 13.6. The second-order valence-corrected chi connectivity index (χ2v) is 4.06. The van der Waals surface area contributed by atoms with E-state index in [1.54, 1.807) is 38.2 Å². The maximum Gasteiger partial charge on any atom is 0.273 e. The zero-order chi connectivity index (χ0) is 14.7. The number of carbonyl (C=O) groups is 2. The largest absolute Gasteiger partial charge is 0.424 e. The van der Waals surface area contributed by atoms with Crippen molar-refractivity contribution in [2.75, 3.05) is 12.4 Å². The van der Waals surface area contributed by atoms with E-state index in [2.05, 4.69) is 15.6 Å². The summed E-state index contributed by atoms with van der Waals surface area (Å²) < 4.78 is 5.28. The third kappa shape index (κ3) is 2.77. The Balaban J connectivity index is 2.22. The van der Waals surface area contributed by atoms with Gasteiger partial charge in [-0.15, -0.1) is 0 Å². The minimum absolute atomic E-state index is 0.0397. The molecule has 0 atom stereocenters. The van der Waals surface area contributed by atoms with E-state index in [4.69, 9.17) is 10.2 Å². The van der Waals surface area contributed by atoms with E-state index in [-0.39, 0.29) is 17.5 Å². The van der Waals surface area contributed by atoms with Crippen LogP contribution in [0.3, 0.4) is 0 Å². The summed E-state index contributed by atoms with van der Waals surface area (Å²) in [5, 5.41) is 5.43. The Morgan fingerprint density at radius 3 is 2.45 bits per heavy atom. The van der Waals surface area contributed by atoms with E-state index < -0.39 is 5.91 Å². The van der Waals surface area contributed by atoms with Gasteiger partial charge in [0.25, 0.3) is 11.8 Å². The summed E-state index contributed by atoms with van der Waals surface area (Å²) in [7, 11) is 1.56. The number of aromatic nitrogens is 1. The molecule has 2 rings (SSSR count). The molecule has 0 spiro atoms. The average Bonchev–Trinajstić information content (AvgIpc) is 2.80. The van der Waals surface area contributed by atoms with Gasteiger partial charge in [-0.3, -0.25) is 9.59 Å². The summed E-state index contributed by atoms with van der Waals surface area (Å²) >= 11 is 0. The molecule has 0 fully saturated rings. The Bertz CT molecular complexity index is 646. The topological polar surface area (TPSA) is 110 Å². The monoisotopic (exact) mass is 274 g/mol. The van der Waals surface area contributed by atoms with Crippen LogP contribution in [0.25, 0.3) is 0 Å².